The van der Waals surface area contributed by atoms with Gasteiger partial charge in [0.25, 0.3) is 0 Å². The molecule has 12 rings (SSSR count). The van der Waals surface area contributed by atoms with Crippen LogP contribution < -0.4 is 4.74 Å². The first kappa shape index (κ1) is 30.1. The normalized spacial score (nSPS) is 18.7. The molecule has 0 N–H and O–H groups in total. The average molecular weight is 693 g/mol. The van der Waals surface area contributed by atoms with E-state index >= 15 is 0 Å². The van der Waals surface area contributed by atoms with Crippen molar-refractivity contribution in [2.75, 3.05) is 0 Å². The molecule has 0 saturated heterocycles. The minimum absolute atomic E-state index is 0.0343. The van der Waals surface area contributed by atoms with Gasteiger partial charge in [0.15, 0.2) is 11.3 Å². The van der Waals surface area contributed by atoms with Crippen molar-refractivity contribution in [3.63, 3.8) is 0 Å². The molecule has 8 aromatic carbocycles. The highest BCUT2D eigenvalue weighted by atomic mass is 16.5. The quantitative estimate of drug-likeness (QED) is 0.172. The number of benzene rings is 8. The first-order chi connectivity index (χ1) is 26.7. The summed E-state index contributed by atoms with van der Waals surface area (Å²) in [6, 6.07) is 51.7. The third kappa shape index (κ3) is 4.59. The van der Waals surface area contributed by atoms with Gasteiger partial charge in [-0.25, -0.2) is 0 Å². The van der Waals surface area contributed by atoms with Crippen LogP contribution in [-0.4, -0.2) is 6.10 Å². The van der Waals surface area contributed by atoms with Crippen LogP contribution in [0.25, 0.3) is 82.6 Å². The lowest BCUT2D eigenvalue weighted by atomic mass is 9.78. The number of fused-ring (bicyclic) bond motifs is 12. The zero-order valence-corrected chi connectivity index (χ0v) is 29.8. The molecule has 9 aromatic rings. The van der Waals surface area contributed by atoms with E-state index in [1.165, 1.54) is 76.8 Å². The molecular formula is C52H36O2. The first-order valence-corrected chi connectivity index (χ1v) is 19.3. The Morgan fingerprint density at radius 3 is 2.24 bits per heavy atom. The van der Waals surface area contributed by atoms with E-state index in [0.29, 0.717) is 11.8 Å². The van der Waals surface area contributed by atoms with Crippen molar-refractivity contribution in [2.45, 2.75) is 37.2 Å². The summed E-state index contributed by atoms with van der Waals surface area (Å²) >= 11 is 0. The SMILES string of the molecule is C1=Cc2cc(-c3ccc4cc(-c5ccc6oc7c8c(ccc7c6c5)C5CC(c6ccc7ccccc7c6)C=CC5O8)ccc4c3)c3ccccc3c2CC1. The molecule has 2 heteroatoms. The molecule has 2 aliphatic carbocycles. The Kier molecular flexibility index (Phi) is 6.45. The summed E-state index contributed by atoms with van der Waals surface area (Å²) in [4.78, 5) is 0. The largest absolute Gasteiger partial charge is 0.481 e. The van der Waals surface area contributed by atoms with Crippen molar-refractivity contribution < 1.29 is 9.15 Å². The van der Waals surface area contributed by atoms with Gasteiger partial charge in [0, 0.05) is 28.2 Å². The van der Waals surface area contributed by atoms with Crippen LogP contribution in [-0.2, 0) is 6.42 Å². The second-order valence-corrected chi connectivity index (χ2v) is 15.5. The van der Waals surface area contributed by atoms with Crippen LogP contribution in [0.1, 0.15) is 46.9 Å². The highest BCUT2D eigenvalue weighted by Crippen LogP contribution is 2.51. The monoisotopic (exact) mass is 692 g/mol. The topological polar surface area (TPSA) is 22.4 Å². The molecule has 0 bridgehead atoms. The van der Waals surface area contributed by atoms with Crippen molar-refractivity contribution >= 4 is 60.3 Å². The second kappa shape index (κ2) is 11.6. The summed E-state index contributed by atoms with van der Waals surface area (Å²) in [5, 5.41) is 10.0. The van der Waals surface area contributed by atoms with Crippen LogP contribution in [0.15, 0.2) is 162 Å². The van der Waals surface area contributed by atoms with Crippen molar-refractivity contribution in [2.24, 2.45) is 0 Å². The van der Waals surface area contributed by atoms with Gasteiger partial charge in [-0.3, -0.25) is 0 Å². The van der Waals surface area contributed by atoms with Crippen molar-refractivity contribution in [3.05, 3.63) is 180 Å². The van der Waals surface area contributed by atoms with Gasteiger partial charge in [-0.15, -0.1) is 0 Å². The van der Waals surface area contributed by atoms with Gasteiger partial charge in [-0.1, -0.05) is 121 Å². The third-order valence-electron chi connectivity index (χ3n) is 12.5. The van der Waals surface area contributed by atoms with Gasteiger partial charge in [-0.2, -0.15) is 0 Å². The Labute approximate surface area is 313 Å². The lowest BCUT2D eigenvalue weighted by Gasteiger charge is -2.26. The summed E-state index contributed by atoms with van der Waals surface area (Å²) in [5.41, 5.74) is 12.1. The minimum atomic E-state index is 0.0343. The van der Waals surface area contributed by atoms with Crippen LogP contribution in [0, 0.1) is 0 Å². The zero-order chi connectivity index (χ0) is 35.3. The molecule has 3 atom stereocenters. The number of furan rings is 1. The molecule has 0 amide bonds. The Bertz CT molecular complexity index is 3080. The second-order valence-electron chi connectivity index (χ2n) is 15.5. The maximum absolute atomic E-state index is 6.68. The molecule has 1 aliphatic heterocycles. The van der Waals surface area contributed by atoms with E-state index in [1.807, 2.05) is 0 Å². The highest BCUT2D eigenvalue weighted by Gasteiger charge is 2.39. The fourth-order valence-corrected chi connectivity index (χ4v) is 9.69. The molecule has 1 aromatic heterocycles. The van der Waals surface area contributed by atoms with Crippen LogP contribution in [0.5, 0.6) is 5.75 Å². The Balaban J connectivity index is 0.873. The number of hydrogen-bond donors (Lipinski definition) is 0. The molecule has 0 radical (unpaired) electrons. The highest BCUT2D eigenvalue weighted by molar-refractivity contribution is 6.09. The number of hydrogen-bond acceptors (Lipinski definition) is 2. The van der Waals surface area contributed by atoms with Crippen molar-refractivity contribution in [1.82, 2.24) is 0 Å². The molecule has 2 heterocycles. The third-order valence-corrected chi connectivity index (χ3v) is 12.5. The first-order valence-electron chi connectivity index (χ1n) is 19.3. The predicted molar refractivity (Wildman–Crippen MR) is 225 cm³/mol. The van der Waals surface area contributed by atoms with Gasteiger partial charge >= 0.3 is 0 Å². The maximum atomic E-state index is 6.68. The van der Waals surface area contributed by atoms with E-state index in [9.17, 15) is 0 Å². The number of aryl methyl sites for hydroxylation is 1. The summed E-state index contributed by atoms with van der Waals surface area (Å²) in [5.74, 6) is 1.57. The van der Waals surface area contributed by atoms with Gasteiger partial charge in [-0.05, 0) is 133 Å². The average Bonchev–Trinajstić information content (AvgIpc) is 3.81. The molecule has 256 valence electrons. The molecule has 0 spiro atoms. The zero-order valence-electron chi connectivity index (χ0n) is 29.8. The molecule has 2 nitrogen and oxygen atoms in total. The fraction of sp³-hybridized carbons (Fsp3) is 0.115. The van der Waals surface area contributed by atoms with Crippen LogP contribution in [0.2, 0.25) is 0 Å². The van der Waals surface area contributed by atoms with E-state index < -0.39 is 0 Å². The van der Waals surface area contributed by atoms with Gasteiger partial charge < -0.3 is 9.15 Å². The molecule has 54 heavy (non-hydrogen) atoms. The van der Waals surface area contributed by atoms with E-state index in [-0.39, 0.29) is 6.10 Å². The minimum Gasteiger partial charge on any atom is -0.481 e. The van der Waals surface area contributed by atoms with Gasteiger partial charge in [0.05, 0.1) is 0 Å². The van der Waals surface area contributed by atoms with Gasteiger partial charge in [0.1, 0.15) is 11.7 Å². The number of ether oxygens (including phenoxy) is 1. The van der Waals surface area contributed by atoms with E-state index in [1.54, 1.807) is 0 Å². The van der Waals surface area contributed by atoms with Crippen molar-refractivity contribution in [1.29, 1.82) is 0 Å². The van der Waals surface area contributed by atoms with E-state index in [2.05, 4.69) is 164 Å². The summed E-state index contributed by atoms with van der Waals surface area (Å²) in [6.07, 6.45) is 12.5. The van der Waals surface area contributed by atoms with Crippen LogP contribution in [0.3, 0.4) is 0 Å². The Morgan fingerprint density at radius 2 is 1.31 bits per heavy atom. The molecule has 3 aliphatic rings. The molecular weight excluding hydrogens is 657 g/mol. The van der Waals surface area contributed by atoms with Crippen LogP contribution >= 0.6 is 0 Å². The lowest BCUT2D eigenvalue weighted by Crippen LogP contribution is -2.22. The molecule has 0 saturated carbocycles. The summed E-state index contributed by atoms with van der Waals surface area (Å²) in [6.45, 7) is 0. The summed E-state index contributed by atoms with van der Waals surface area (Å²) in [7, 11) is 0. The lowest BCUT2D eigenvalue weighted by molar-refractivity contribution is 0.240. The number of rotatable bonds is 3. The molecule has 0 fully saturated rings. The molecule has 3 unspecified atom stereocenters. The Morgan fingerprint density at radius 1 is 0.556 bits per heavy atom. The smallest absolute Gasteiger partial charge is 0.177 e. The van der Waals surface area contributed by atoms with E-state index in [4.69, 9.17) is 9.15 Å². The van der Waals surface area contributed by atoms with Gasteiger partial charge in [0.2, 0.25) is 0 Å². The predicted octanol–water partition coefficient (Wildman–Crippen LogP) is 13.9. The van der Waals surface area contributed by atoms with Crippen molar-refractivity contribution in [3.8, 4) is 28.0 Å². The standard InChI is InChI=1S/C52H36O2/c1-2-8-32-25-34(14-13-31(32)7-1)37-19-23-49-47(28-37)44-21-22-45-48-29-38(20-24-50(48)54-52(45)51(44)53-49)35-15-16-36-27-40(18-17-33(36)26-35)46-30-39-9-3-4-10-41(39)42-11-5-6-12-43(42)46/h1-3,5-9,11-27,29-30,37,47,49H,4,10,28H2. The van der Waals surface area contributed by atoms with E-state index in [0.717, 1.165) is 47.0 Å². The maximum Gasteiger partial charge on any atom is 0.177 e. The number of allylic oxidation sites excluding steroid dienone is 2. The van der Waals surface area contributed by atoms with Crippen LogP contribution in [0.4, 0.5) is 0 Å². The summed E-state index contributed by atoms with van der Waals surface area (Å²) < 4.78 is 13.3. The fourth-order valence-electron chi connectivity index (χ4n) is 9.69. The Hall–Kier alpha value is -6.38.